The smallest absolute Gasteiger partial charge is 0.258 e. The molecule has 20 heavy (non-hydrogen) atoms. The maximum Gasteiger partial charge on any atom is 0.258 e. The lowest BCUT2D eigenvalue weighted by molar-refractivity contribution is 0.0975. The Bertz CT molecular complexity index is 506. The maximum atomic E-state index is 12.1. The lowest BCUT2D eigenvalue weighted by Crippen LogP contribution is -2.47. The molecule has 1 aromatic carbocycles. The Balaban J connectivity index is 1.91. The van der Waals surface area contributed by atoms with Crippen molar-refractivity contribution in [3.63, 3.8) is 0 Å². The molecule has 1 saturated carbocycles. The predicted molar refractivity (Wildman–Crippen MR) is 88.8 cm³/mol. The first-order valence-corrected chi connectivity index (χ1v) is 8.14. The summed E-state index contributed by atoms with van der Waals surface area (Å²) in [6, 6.07) is 7.69. The maximum absolute atomic E-state index is 12.1. The Kier molecular flexibility index (Phi) is 5.54. The SMILES string of the molecule is C[C@@H]1CCCC[C@@H]1NC(=S)NC(=O)c1ccccc1Br. The van der Waals surface area contributed by atoms with E-state index in [1.54, 1.807) is 6.07 Å². The molecule has 0 heterocycles. The van der Waals surface area contributed by atoms with E-state index < -0.39 is 0 Å². The molecule has 0 aliphatic heterocycles. The van der Waals surface area contributed by atoms with Crippen molar-refractivity contribution in [2.75, 3.05) is 0 Å². The van der Waals surface area contributed by atoms with E-state index in [0.717, 1.165) is 10.9 Å². The van der Waals surface area contributed by atoms with E-state index in [-0.39, 0.29) is 5.91 Å². The van der Waals surface area contributed by atoms with Gasteiger partial charge in [-0.05, 0) is 59.0 Å². The minimum absolute atomic E-state index is 0.182. The third-order valence-corrected chi connectivity index (χ3v) is 4.68. The molecule has 0 spiro atoms. The van der Waals surface area contributed by atoms with Gasteiger partial charge in [-0.15, -0.1) is 0 Å². The number of carbonyl (C=O) groups excluding carboxylic acids is 1. The first-order valence-electron chi connectivity index (χ1n) is 6.94. The van der Waals surface area contributed by atoms with Gasteiger partial charge in [0.25, 0.3) is 5.91 Å². The van der Waals surface area contributed by atoms with E-state index in [1.807, 2.05) is 18.2 Å². The van der Waals surface area contributed by atoms with Crippen LogP contribution >= 0.6 is 28.1 Å². The van der Waals surface area contributed by atoms with Gasteiger partial charge < -0.3 is 5.32 Å². The second-order valence-electron chi connectivity index (χ2n) is 5.28. The third-order valence-electron chi connectivity index (χ3n) is 3.77. The molecule has 5 heteroatoms. The summed E-state index contributed by atoms with van der Waals surface area (Å²) in [5.41, 5.74) is 0.591. The highest BCUT2D eigenvalue weighted by Crippen LogP contribution is 2.23. The quantitative estimate of drug-likeness (QED) is 0.796. The molecule has 1 amide bonds. The standard InChI is InChI=1S/C15H19BrN2OS/c1-10-6-2-5-9-13(10)17-15(20)18-14(19)11-7-3-4-8-12(11)16/h3-4,7-8,10,13H,2,5-6,9H2,1H3,(H2,17,18,19,20)/t10-,13+/m1/s1. The zero-order valence-corrected chi connectivity index (χ0v) is 13.9. The highest BCUT2D eigenvalue weighted by molar-refractivity contribution is 9.10. The van der Waals surface area contributed by atoms with E-state index in [1.165, 1.54) is 19.3 Å². The highest BCUT2D eigenvalue weighted by Gasteiger charge is 2.22. The third kappa shape index (κ3) is 4.03. The van der Waals surface area contributed by atoms with Crippen molar-refractivity contribution in [1.82, 2.24) is 10.6 Å². The number of amides is 1. The van der Waals surface area contributed by atoms with Gasteiger partial charge in [0.15, 0.2) is 5.11 Å². The Morgan fingerprint density at radius 2 is 2.00 bits per heavy atom. The van der Waals surface area contributed by atoms with Crippen LogP contribution in [0.5, 0.6) is 0 Å². The van der Waals surface area contributed by atoms with Crippen molar-refractivity contribution in [2.24, 2.45) is 5.92 Å². The van der Waals surface area contributed by atoms with Crippen molar-refractivity contribution in [1.29, 1.82) is 0 Å². The number of hydrogen-bond donors (Lipinski definition) is 2. The molecule has 2 rings (SSSR count). The summed E-state index contributed by atoms with van der Waals surface area (Å²) in [6.45, 7) is 2.23. The summed E-state index contributed by atoms with van der Waals surface area (Å²) in [5.74, 6) is 0.417. The minimum atomic E-state index is -0.182. The zero-order chi connectivity index (χ0) is 14.5. The van der Waals surface area contributed by atoms with Crippen LogP contribution < -0.4 is 10.6 Å². The van der Waals surface area contributed by atoms with Crippen LogP contribution in [0.2, 0.25) is 0 Å². The Labute approximate surface area is 133 Å². The number of halogens is 1. The predicted octanol–water partition coefficient (Wildman–Crippen LogP) is 3.63. The molecule has 0 radical (unpaired) electrons. The molecule has 1 aliphatic rings. The molecule has 2 N–H and O–H groups in total. The van der Waals surface area contributed by atoms with Gasteiger partial charge in [0.2, 0.25) is 0 Å². The van der Waals surface area contributed by atoms with Crippen LogP contribution in [-0.4, -0.2) is 17.1 Å². The van der Waals surface area contributed by atoms with Gasteiger partial charge in [0.1, 0.15) is 0 Å². The molecule has 0 unspecified atom stereocenters. The molecule has 3 nitrogen and oxygen atoms in total. The van der Waals surface area contributed by atoms with Gasteiger partial charge in [-0.3, -0.25) is 10.1 Å². The summed E-state index contributed by atoms with van der Waals surface area (Å²) in [4.78, 5) is 12.1. The van der Waals surface area contributed by atoms with Gasteiger partial charge in [-0.25, -0.2) is 0 Å². The second kappa shape index (κ2) is 7.18. The molecule has 1 fully saturated rings. The van der Waals surface area contributed by atoms with Crippen molar-refractivity contribution in [3.05, 3.63) is 34.3 Å². The lowest BCUT2D eigenvalue weighted by Gasteiger charge is -2.30. The Morgan fingerprint density at radius 3 is 2.70 bits per heavy atom. The number of rotatable bonds is 2. The van der Waals surface area contributed by atoms with Crippen molar-refractivity contribution < 1.29 is 4.79 Å². The van der Waals surface area contributed by atoms with E-state index in [0.29, 0.717) is 22.6 Å². The Morgan fingerprint density at radius 1 is 1.30 bits per heavy atom. The van der Waals surface area contributed by atoms with Crippen LogP contribution in [0.1, 0.15) is 43.0 Å². The summed E-state index contributed by atoms with van der Waals surface area (Å²) in [6.07, 6.45) is 4.85. The van der Waals surface area contributed by atoms with E-state index in [2.05, 4.69) is 33.5 Å². The van der Waals surface area contributed by atoms with Crippen molar-refractivity contribution in [3.8, 4) is 0 Å². The highest BCUT2D eigenvalue weighted by atomic mass is 79.9. The first-order chi connectivity index (χ1) is 9.58. The fourth-order valence-corrected chi connectivity index (χ4v) is 3.26. The summed E-state index contributed by atoms with van der Waals surface area (Å²) in [5, 5.41) is 6.45. The van der Waals surface area contributed by atoms with Gasteiger partial charge in [-0.1, -0.05) is 31.9 Å². The van der Waals surface area contributed by atoms with Crippen molar-refractivity contribution in [2.45, 2.75) is 38.6 Å². The lowest BCUT2D eigenvalue weighted by atomic mass is 9.86. The number of thiocarbonyl (C=S) groups is 1. The topological polar surface area (TPSA) is 41.1 Å². The summed E-state index contributed by atoms with van der Waals surface area (Å²) in [7, 11) is 0. The average Bonchev–Trinajstić information content (AvgIpc) is 2.41. The van der Waals surface area contributed by atoms with E-state index in [9.17, 15) is 4.79 Å². The molecule has 2 atom stereocenters. The molecule has 0 bridgehead atoms. The van der Waals surface area contributed by atoms with Crippen LogP contribution in [0.15, 0.2) is 28.7 Å². The van der Waals surface area contributed by atoms with Crippen molar-refractivity contribution >= 4 is 39.2 Å². The number of hydrogen-bond acceptors (Lipinski definition) is 2. The zero-order valence-electron chi connectivity index (χ0n) is 11.5. The van der Waals surface area contributed by atoms with Gasteiger partial charge >= 0.3 is 0 Å². The normalized spacial score (nSPS) is 22.1. The monoisotopic (exact) mass is 354 g/mol. The molecular formula is C15H19BrN2OS. The van der Waals surface area contributed by atoms with Crippen LogP contribution in [0, 0.1) is 5.92 Å². The van der Waals surface area contributed by atoms with Gasteiger partial charge in [0.05, 0.1) is 5.56 Å². The number of benzene rings is 1. The average molecular weight is 355 g/mol. The summed E-state index contributed by atoms with van der Waals surface area (Å²) >= 11 is 8.62. The molecule has 1 aromatic rings. The Hall–Kier alpha value is -0.940. The fourth-order valence-electron chi connectivity index (χ4n) is 2.55. The van der Waals surface area contributed by atoms with Gasteiger partial charge in [-0.2, -0.15) is 0 Å². The fraction of sp³-hybridized carbons (Fsp3) is 0.467. The molecule has 1 aliphatic carbocycles. The van der Waals surface area contributed by atoms with Gasteiger partial charge in [0, 0.05) is 10.5 Å². The molecule has 0 saturated heterocycles. The molecular weight excluding hydrogens is 336 g/mol. The molecule has 0 aromatic heterocycles. The van der Waals surface area contributed by atoms with Crippen LogP contribution in [-0.2, 0) is 0 Å². The molecule has 108 valence electrons. The second-order valence-corrected chi connectivity index (χ2v) is 6.54. The number of carbonyl (C=O) groups is 1. The van der Waals surface area contributed by atoms with E-state index in [4.69, 9.17) is 12.2 Å². The largest absolute Gasteiger partial charge is 0.359 e. The van der Waals surface area contributed by atoms with Crippen LogP contribution in [0.4, 0.5) is 0 Å². The van der Waals surface area contributed by atoms with Crippen LogP contribution in [0.3, 0.4) is 0 Å². The summed E-state index contributed by atoms with van der Waals surface area (Å²) < 4.78 is 0.770. The van der Waals surface area contributed by atoms with Crippen LogP contribution in [0.25, 0.3) is 0 Å². The minimum Gasteiger partial charge on any atom is -0.359 e. The van der Waals surface area contributed by atoms with E-state index >= 15 is 0 Å². The number of nitrogens with one attached hydrogen (secondary N) is 2. The first kappa shape index (κ1) is 15.4.